The second kappa shape index (κ2) is 7.16. The number of benzene rings is 1. The molecule has 4 heteroatoms. The fourth-order valence-corrected chi connectivity index (χ4v) is 3.33. The molecule has 0 bridgehead atoms. The number of amides is 2. The molecule has 2 saturated carbocycles. The fraction of sp³-hybridized carbons (Fsp3) is 0.579. The van der Waals surface area contributed by atoms with Gasteiger partial charge in [0, 0.05) is 30.3 Å². The minimum Gasteiger partial charge on any atom is -0.339 e. The van der Waals surface area contributed by atoms with E-state index in [0.29, 0.717) is 11.6 Å². The van der Waals surface area contributed by atoms with Crippen molar-refractivity contribution >= 4 is 17.5 Å². The lowest BCUT2D eigenvalue weighted by molar-refractivity contribution is -0.117. The van der Waals surface area contributed by atoms with Crippen molar-refractivity contribution < 1.29 is 9.59 Å². The monoisotopic (exact) mass is 314 g/mol. The van der Waals surface area contributed by atoms with Crippen molar-refractivity contribution in [2.24, 2.45) is 5.92 Å². The van der Waals surface area contributed by atoms with Crippen molar-refractivity contribution in [1.82, 2.24) is 4.90 Å². The highest BCUT2D eigenvalue weighted by atomic mass is 16.2. The highest BCUT2D eigenvalue weighted by Gasteiger charge is 2.29. The van der Waals surface area contributed by atoms with Crippen LogP contribution in [0.3, 0.4) is 0 Å². The summed E-state index contributed by atoms with van der Waals surface area (Å²) in [6, 6.07) is 7.67. The molecule has 4 nitrogen and oxygen atoms in total. The summed E-state index contributed by atoms with van der Waals surface area (Å²) in [5.41, 5.74) is 1.38. The van der Waals surface area contributed by atoms with Gasteiger partial charge in [0.05, 0.1) is 0 Å². The molecule has 2 fully saturated rings. The number of carbonyl (C=O) groups is 2. The maximum Gasteiger partial charge on any atom is 0.253 e. The van der Waals surface area contributed by atoms with E-state index < -0.39 is 0 Å². The number of rotatable bonds is 4. The van der Waals surface area contributed by atoms with Crippen molar-refractivity contribution in [2.75, 3.05) is 12.4 Å². The van der Waals surface area contributed by atoms with E-state index in [-0.39, 0.29) is 17.7 Å². The van der Waals surface area contributed by atoms with Gasteiger partial charge in [-0.1, -0.05) is 31.7 Å². The Morgan fingerprint density at radius 3 is 2.39 bits per heavy atom. The molecule has 2 amide bonds. The molecule has 1 aromatic rings. The molecule has 3 rings (SSSR count). The number of hydrogen-bond donors (Lipinski definition) is 1. The minimum atomic E-state index is 0.0550. The van der Waals surface area contributed by atoms with Crippen molar-refractivity contribution in [1.29, 1.82) is 0 Å². The molecule has 0 unspecified atom stereocenters. The van der Waals surface area contributed by atoms with Crippen molar-refractivity contribution in [3.63, 3.8) is 0 Å². The van der Waals surface area contributed by atoms with Gasteiger partial charge in [0.25, 0.3) is 5.91 Å². The Morgan fingerprint density at radius 1 is 1.04 bits per heavy atom. The molecule has 0 atom stereocenters. The zero-order valence-corrected chi connectivity index (χ0v) is 13.9. The van der Waals surface area contributed by atoms with E-state index in [9.17, 15) is 9.59 Å². The highest BCUT2D eigenvalue weighted by Crippen LogP contribution is 2.30. The summed E-state index contributed by atoms with van der Waals surface area (Å²) in [7, 11) is 1.91. The molecular formula is C19H26N2O2. The Kier molecular flexibility index (Phi) is 4.99. The average molecular weight is 314 g/mol. The number of nitrogens with zero attached hydrogens (tertiary/aromatic N) is 1. The third kappa shape index (κ3) is 4.12. The van der Waals surface area contributed by atoms with Crippen LogP contribution in [0.25, 0.3) is 0 Å². The van der Waals surface area contributed by atoms with E-state index in [4.69, 9.17) is 0 Å². The third-order valence-electron chi connectivity index (χ3n) is 5.02. The maximum atomic E-state index is 12.8. The van der Waals surface area contributed by atoms with Gasteiger partial charge in [0.1, 0.15) is 0 Å². The summed E-state index contributed by atoms with van der Waals surface area (Å²) in [5.74, 6) is 0.300. The Morgan fingerprint density at radius 2 is 1.74 bits per heavy atom. The highest BCUT2D eigenvalue weighted by molar-refractivity contribution is 5.98. The van der Waals surface area contributed by atoms with Gasteiger partial charge in [-0.3, -0.25) is 9.59 Å². The van der Waals surface area contributed by atoms with Crippen LogP contribution in [0.5, 0.6) is 0 Å². The van der Waals surface area contributed by atoms with Gasteiger partial charge in [0.2, 0.25) is 5.91 Å². The van der Waals surface area contributed by atoms with Crippen molar-refractivity contribution in [3.8, 4) is 0 Å². The van der Waals surface area contributed by atoms with E-state index in [0.717, 1.165) is 31.4 Å². The van der Waals surface area contributed by atoms with Crippen LogP contribution in [0.15, 0.2) is 24.3 Å². The first kappa shape index (κ1) is 16.0. The Bertz CT molecular complexity index is 572. The molecule has 0 saturated heterocycles. The second-order valence-corrected chi connectivity index (χ2v) is 6.91. The molecule has 23 heavy (non-hydrogen) atoms. The van der Waals surface area contributed by atoms with E-state index in [1.54, 1.807) is 6.07 Å². The minimum absolute atomic E-state index is 0.0550. The van der Waals surface area contributed by atoms with Crippen LogP contribution in [0, 0.1) is 5.92 Å². The Hall–Kier alpha value is -1.84. The van der Waals surface area contributed by atoms with E-state index >= 15 is 0 Å². The zero-order chi connectivity index (χ0) is 16.2. The van der Waals surface area contributed by atoms with Crippen molar-refractivity contribution in [2.45, 2.75) is 57.4 Å². The molecule has 0 heterocycles. The largest absolute Gasteiger partial charge is 0.339 e. The smallest absolute Gasteiger partial charge is 0.253 e. The average Bonchev–Trinajstić information content (AvgIpc) is 3.40. The molecule has 0 radical (unpaired) electrons. The molecule has 1 N–H and O–H groups in total. The van der Waals surface area contributed by atoms with Crippen LogP contribution in [-0.2, 0) is 4.79 Å². The summed E-state index contributed by atoms with van der Waals surface area (Å²) in [6.07, 6.45) is 9.13. The summed E-state index contributed by atoms with van der Waals surface area (Å²) in [5, 5.41) is 2.92. The van der Waals surface area contributed by atoms with Crippen LogP contribution < -0.4 is 5.32 Å². The first-order chi connectivity index (χ1) is 11.1. The van der Waals surface area contributed by atoms with Gasteiger partial charge >= 0.3 is 0 Å². The van der Waals surface area contributed by atoms with Crippen LogP contribution in [-0.4, -0.2) is 29.8 Å². The molecular weight excluding hydrogens is 288 g/mol. The molecule has 1 aromatic carbocycles. The molecule has 124 valence electrons. The van der Waals surface area contributed by atoms with Gasteiger partial charge in [-0.25, -0.2) is 0 Å². The number of nitrogens with one attached hydrogen (secondary N) is 1. The van der Waals surface area contributed by atoms with Gasteiger partial charge in [-0.2, -0.15) is 0 Å². The first-order valence-electron chi connectivity index (χ1n) is 8.83. The molecule has 2 aliphatic carbocycles. The Balaban J connectivity index is 1.66. The summed E-state index contributed by atoms with van der Waals surface area (Å²) >= 11 is 0. The molecule has 0 aromatic heterocycles. The van der Waals surface area contributed by atoms with Crippen molar-refractivity contribution in [3.05, 3.63) is 29.8 Å². The lowest BCUT2D eigenvalue weighted by Crippen LogP contribution is -2.36. The third-order valence-corrected chi connectivity index (χ3v) is 5.02. The molecule has 2 aliphatic rings. The topological polar surface area (TPSA) is 49.4 Å². The van der Waals surface area contributed by atoms with E-state index in [2.05, 4.69) is 5.32 Å². The maximum absolute atomic E-state index is 12.8. The second-order valence-electron chi connectivity index (χ2n) is 6.91. The lowest BCUT2D eigenvalue weighted by atomic mass is 10.1. The van der Waals surface area contributed by atoms with E-state index in [1.165, 1.54) is 25.7 Å². The van der Waals surface area contributed by atoms with E-state index in [1.807, 2.05) is 30.1 Å². The number of hydrogen-bond acceptors (Lipinski definition) is 2. The number of anilines is 1. The number of carbonyl (C=O) groups excluding carboxylic acids is 2. The first-order valence-corrected chi connectivity index (χ1v) is 8.83. The van der Waals surface area contributed by atoms with Crippen LogP contribution in [0.2, 0.25) is 0 Å². The Labute approximate surface area is 138 Å². The van der Waals surface area contributed by atoms with Gasteiger partial charge in [0.15, 0.2) is 0 Å². The SMILES string of the molecule is CN(C(=O)c1cccc(NC(=O)C2CC2)c1)C1CCCCCC1. The zero-order valence-electron chi connectivity index (χ0n) is 13.9. The molecule has 0 aliphatic heterocycles. The fourth-order valence-electron chi connectivity index (χ4n) is 3.33. The van der Waals surface area contributed by atoms with Crippen LogP contribution in [0.1, 0.15) is 61.7 Å². The predicted molar refractivity (Wildman–Crippen MR) is 91.4 cm³/mol. The van der Waals surface area contributed by atoms with Crippen LogP contribution in [0.4, 0.5) is 5.69 Å². The molecule has 0 spiro atoms. The normalized spacial score (nSPS) is 19.0. The van der Waals surface area contributed by atoms with Gasteiger partial charge in [-0.05, 0) is 43.9 Å². The lowest BCUT2D eigenvalue weighted by Gasteiger charge is -2.27. The van der Waals surface area contributed by atoms with Gasteiger partial charge < -0.3 is 10.2 Å². The standard InChI is InChI=1S/C19H26N2O2/c1-21(17-9-4-2-3-5-10-17)19(23)15-7-6-8-16(13-15)20-18(22)14-11-12-14/h6-8,13-14,17H,2-5,9-12H2,1H3,(H,20,22). The van der Waals surface area contributed by atoms with Gasteiger partial charge in [-0.15, -0.1) is 0 Å². The predicted octanol–water partition coefficient (Wildman–Crippen LogP) is 3.83. The quantitative estimate of drug-likeness (QED) is 0.859. The van der Waals surface area contributed by atoms with Crippen LogP contribution >= 0.6 is 0 Å². The summed E-state index contributed by atoms with van der Waals surface area (Å²) in [4.78, 5) is 26.5. The summed E-state index contributed by atoms with van der Waals surface area (Å²) < 4.78 is 0. The summed E-state index contributed by atoms with van der Waals surface area (Å²) in [6.45, 7) is 0.